The Morgan fingerprint density at radius 3 is 1.67 bits per heavy atom. The minimum atomic E-state index is 0. The van der Waals surface area contributed by atoms with Crippen LogP contribution in [0.15, 0.2) is 24.8 Å². The van der Waals surface area contributed by atoms with E-state index in [-0.39, 0.29) is 21.7 Å². The second-order valence-electron chi connectivity index (χ2n) is 1.47. The first-order valence-electron chi connectivity index (χ1n) is 3.07. The zero-order chi connectivity index (χ0) is 6.83. The summed E-state index contributed by atoms with van der Waals surface area (Å²) in [5.41, 5.74) is 0. The molecule has 0 aliphatic rings. The summed E-state index contributed by atoms with van der Waals surface area (Å²) in [5.74, 6) is 0. The normalized spacial score (nSPS) is 7.00. The van der Waals surface area contributed by atoms with Crippen molar-refractivity contribution in [2.75, 3.05) is 0 Å². The number of rotatable bonds is 1. The summed E-state index contributed by atoms with van der Waals surface area (Å²) in [6.45, 7) is 9.95. The number of hydrogen-bond donors (Lipinski definition) is 0. The van der Waals surface area contributed by atoms with Crippen LogP contribution >= 0.6 is 0 Å². The molecule has 0 aromatic rings. The summed E-state index contributed by atoms with van der Waals surface area (Å²) in [6.07, 6.45) is 5.58. The summed E-state index contributed by atoms with van der Waals surface area (Å²) < 4.78 is 0. The van der Waals surface area contributed by atoms with Gasteiger partial charge in [-0.15, -0.1) is 0 Å². The smallest absolute Gasteiger partial charge is 0.0135 e. The van der Waals surface area contributed by atoms with Crippen LogP contribution in [0.4, 0.5) is 0 Å². The van der Waals surface area contributed by atoms with Gasteiger partial charge in [0.25, 0.3) is 0 Å². The Morgan fingerprint density at radius 2 is 1.67 bits per heavy atom. The average molecular weight is 176 g/mol. The van der Waals surface area contributed by atoms with Crippen LogP contribution in [-0.2, 0) is 21.7 Å². The molecule has 0 saturated heterocycles. The van der Waals surface area contributed by atoms with Crippen molar-refractivity contribution in [3.63, 3.8) is 0 Å². The predicted octanol–water partition coefficient (Wildman–Crippen LogP) is 2.00. The van der Waals surface area contributed by atoms with E-state index in [1.54, 1.807) is 6.08 Å². The molecule has 0 aromatic heterocycles. The van der Waals surface area contributed by atoms with Gasteiger partial charge in [0.05, 0.1) is 0 Å². The van der Waals surface area contributed by atoms with Crippen molar-refractivity contribution in [3.05, 3.63) is 24.8 Å². The van der Waals surface area contributed by atoms with Gasteiger partial charge in [-0.05, 0) is 6.92 Å². The van der Waals surface area contributed by atoms with Gasteiger partial charge < -0.3 is 0 Å². The maximum atomic E-state index is 3.46. The van der Waals surface area contributed by atoms with Gasteiger partial charge >= 0.3 is 0 Å². The van der Waals surface area contributed by atoms with Gasteiger partial charge in [-0.1, -0.05) is 37.9 Å². The molecule has 0 atom stereocenters. The molecule has 9 heavy (non-hydrogen) atoms. The molecule has 0 bridgehead atoms. The summed E-state index contributed by atoms with van der Waals surface area (Å²) in [5, 5.41) is 0. The largest absolute Gasteiger partial charge is 0.0991 e. The molecular formula is C7H16SiTi. The molecule has 0 aliphatic heterocycles. The van der Waals surface area contributed by atoms with Crippen LogP contribution in [0.25, 0.3) is 0 Å². The van der Waals surface area contributed by atoms with Crippen LogP contribution < -0.4 is 0 Å². The third-order valence-electron chi connectivity index (χ3n) is 0.329. The van der Waals surface area contributed by atoms with Crippen LogP contribution in [0.3, 0.4) is 0 Å². The van der Waals surface area contributed by atoms with E-state index >= 15 is 0 Å². The van der Waals surface area contributed by atoms with E-state index in [0.717, 1.165) is 0 Å². The minimum absolute atomic E-state index is 0. The Labute approximate surface area is 76.1 Å². The molecular weight excluding hydrogens is 160 g/mol. The van der Waals surface area contributed by atoms with Crippen molar-refractivity contribution in [3.8, 4) is 0 Å². The van der Waals surface area contributed by atoms with E-state index in [0.29, 0.717) is 9.52 Å². The molecule has 0 rings (SSSR count). The molecule has 0 nitrogen and oxygen atoms in total. The fraction of sp³-hybridized carbons (Fsp3) is 0.429. The number of allylic oxidation sites excluding steroid dienone is 3. The zero-order valence-electron chi connectivity index (χ0n) is 6.65. The Balaban J connectivity index is -0.0000000800. The topological polar surface area (TPSA) is 0 Å². The molecule has 0 saturated carbocycles. The molecule has 0 fully saturated rings. The van der Waals surface area contributed by atoms with E-state index in [1.165, 1.54) is 0 Å². The van der Waals surface area contributed by atoms with Gasteiger partial charge in [0.2, 0.25) is 0 Å². The Bertz CT molecular complexity index is 59.9. The molecule has 0 spiro atoms. The maximum Gasteiger partial charge on any atom is 0.0135 e. The first-order valence-corrected chi connectivity index (χ1v) is 5.89. The van der Waals surface area contributed by atoms with Crippen molar-refractivity contribution < 1.29 is 21.7 Å². The van der Waals surface area contributed by atoms with Gasteiger partial charge in [0, 0.05) is 31.2 Å². The first kappa shape index (κ1) is 16.2. The number of hydrogen-bond acceptors (Lipinski definition) is 0. The maximum absolute atomic E-state index is 3.46. The zero-order valence-corrected chi connectivity index (χ0v) is 9.62. The van der Waals surface area contributed by atoms with Crippen LogP contribution in [0.2, 0.25) is 13.1 Å². The van der Waals surface area contributed by atoms with Crippen molar-refractivity contribution in [2.24, 2.45) is 0 Å². The fourth-order valence-corrected chi connectivity index (χ4v) is 0.136. The molecule has 0 N–H and O–H groups in total. The van der Waals surface area contributed by atoms with E-state index < -0.39 is 0 Å². The van der Waals surface area contributed by atoms with Gasteiger partial charge in [0.1, 0.15) is 0 Å². The first-order chi connectivity index (χ1) is 3.83. The van der Waals surface area contributed by atoms with Crippen molar-refractivity contribution in [1.82, 2.24) is 0 Å². The molecule has 0 unspecified atom stereocenters. The second-order valence-corrected chi connectivity index (χ2v) is 2.88. The summed E-state index contributed by atoms with van der Waals surface area (Å²) in [4.78, 5) is 0. The fourth-order valence-electron chi connectivity index (χ4n) is 0.136. The van der Waals surface area contributed by atoms with Crippen molar-refractivity contribution in [2.45, 2.75) is 20.0 Å². The summed E-state index contributed by atoms with van der Waals surface area (Å²) in [7, 11) is 0.417. The van der Waals surface area contributed by atoms with Crippen LogP contribution in [0.1, 0.15) is 6.92 Å². The van der Waals surface area contributed by atoms with Crippen molar-refractivity contribution >= 4 is 9.52 Å². The van der Waals surface area contributed by atoms with E-state index in [2.05, 4.69) is 19.7 Å². The Hall–Kier alpha value is 0.411. The Kier molecular flexibility index (Phi) is 42.7. The molecule has 52 valence electrons. The molecule has 2 heteroatoms. The average Bonchev–Trinajstić information content (AvgIpc) is 1.71. The van der Waals surface area contributed by atoms with Crippen molar-refractivity contribution in [1.29, 1.82) is 0 Å². The molecule has 0 heterocycles. The molecule has 0 aliphatic carbocycles. The van der Waals surface area contributed by atoms with E-state index in [1.807, 2.05) is 19.1 Å². The van der Waals surface area contributed by atoms with Gasteiger partial charge in [0.15, 0.2) is 0 Å². The Morgan fingerprint density at radius 1 is 1.33 bits per heavy atom. The molecule has 0 radical (unpaired) electrons. The van der Waals surface area contributed by atoms with Gasteiger partial charge in [-0.3, -0.25) is 0 Å². The third-order valence-corrected chi connectivity index (χ3v) is 0.329. The second kappa shape index (κ2) is 23.7. The van der Waals surface area contributed by atoms with Gasteiger partial charge in [-0.25, -0.2) is 0 Å². The third kappa shape index (κ3) is 59.5. The molecule has 0 amide bonds. The summed E-state index contributed by atoms with van der Waals surface area (Å²) >= 11 is 0. The quantitative estimate of drug-likeness (QED) is 0.423. The predicted molar refractivity (Wildman–Crippen MR) is 45.3 cm³/mol. The SMILES string of the molecule is C=CC=CC.C[SiH2]C.[Ti]. The van der Waals surface area contributed by atoms with Gasteiger partial charge in [-0.2, -0.15) is 0 Å². The van der Waals surface area contributed by atoms with Crippen LogP contribution in [0, 0.1) is 0 Å². The monoisotopic (exact) mass is 176 g/mol. The standard InChI is InChI=1S/C5H8.C2H8Si.Ti/c1-3-5-4-2;1-3-2;/h3-5H,1H2,2H3;3H2,1-2H3;. The van der Waals surface area contributed by atoms with E-state index in [9.17, 15) is 0 Å². The van der Waals surface area contributed by atoms with E-state index in [4.69, 9.17) is 0 Å². The minimum Gasteiger partial charge on any atom is -0.0991 e. The summed E-state index contributed by atoms with van der Waals surface area (Å²) in [6, 6.07) is 0. The van der Waals surface area contributed by atoms with Crippen LogP contribution in [-0.4, -0.2) is 9.52 Å². The molecule has 0 aromatic carbocycles. The van der Waals surface area contributed by atoms with Crippen LogP contribution in [0.5, 0.6) is 0 Å².